The molecule has 0 bridgehead atoms. The first-order valence-corrected chi connectivity index (χ1v) is 12.4. The van der Waals surface area contributed by atoms with E-state index in [1.54, 1.807) is 0 Å². The van der Waals surface area contributed by atoms with Crippen LogP contribution in [0.2, 0.25) is 0 Å². The van der Waals surface area contributed by atoms with Gasteiger partial charge in [0.25, 0.3) is 5.91 Å². The maximum Gasteiger partial charge on any atom is 0.254 e. The van der Waals surface area contributed by atoms with Crippen LogP contribution in [0.5, 0.6) is 0 Å². The molecule has 0 spiro atoms. The second kappa shape index (κ2) is 11.5. The lowest BCUT2D eigenvalue weighted by molar-refractivity contribution is 0.0641. The molecule has 0 saturated heterocycles. The number of carbonyl (C=O) groups is 1. The molecule has 3 aromatic rings. The van der Waals surface area contributed by atoms with Crippen LogP contribution in [0.4, 0.5) is 0 Å². The lowest BCUT2D eigenvalue weighted by Gasteiger charge is -2.33. The summed E-state index contributed by atoms with van der Waals surface area (Å²) in [4.78, 5) is 18.3. The van der Waals surface area contributed by atoms with E-state index in [1.807, 2.05) is 4.90 Å². The van der Waals surface area contributed by atoms with Crippen molar-refractivity contribution in [2.75, 3.05) is 7.05 Å². The molecule has 3 rings (SSSR count). The maximum absolute atomic E-state index is 13.9. The van der Waals surface area contributed by atoms with Gasteiger partial charge in [0.05, 0.1) is 0 Å². The summed E-state index contributed by atoms with van der Waals surface area (Å²) in [5, 5.41) is 0. The summed E-state index contributed by atoms with van der Waals surface area (Å²) in [5.74, 6) is 0.134. The standard InChI is InChI=1S/C31H40N2O/c1-22(2)33(23(3)4)31(34)30-25(6)18-24(5)19-28(30)20-29(27-16-12-9-13-17-27)32(7)21-26-14-10-8-11-15-26/h8-19,22-23,29H,20-21H2,1-7H3. The van der Waals surface area contributed by atoms with E-state index in [0.29, 0.717) is 0 Å². The van der Waals surface area contributed by atoms with Crippen LogP contribution in [0, 0.1) is 13.8 Å². The number of amides is 1. The van der Waals surface area contributed by atoms with Crippen molar-refractivity contribution in [3.05, 3.63) is 106 Å². The summed E-state index contributed by atoms with van der Waals surface area (Å²) in [6.07, 6.45) is 0.779. The Labute approximate surface area is 206 Å². The van der Waals surface area contributed by atoms with Crippen molar-refractivity contribution in [3.63, 3.8) is 0 Å². The van der Waals surface area contributed by atoms with Crippen LogP contribution in [0.1, 0.15) is 71.9 Å². The number of aryl methyl sites for hydroxylation is 2. The molecule has 180 valence electrons. The van der Waals surface area contributed by atoms with Crippen LogP contribution in [0.15, 0.2) is 72.8 Å². The van der Waals surface area contributed by atoms with Crippen molar-refractivity contribution in [2.24, 2.45) is 0 Å². The van der Waals surface area contributed by atoms with E-state index in [0.717, 1.165) is 29.7 Å². The van der Waals surface area contributed by atoms with Gasteiger partial charge < -0.3 is 4.90 Å². The molecule has 0 aliphatic heterocycles. The van der Waals surface area contributed by atoms with E-state index in [9.17, 15) is 4.79 Å². The van der Waals surface area contributed by atoms with Crippen LogP contribution in [0.3, 0.4) is 0 Å². The van der Waals surface area contributed by atoms with Crippen LogP contribution in [-0.2, 0) is 13.0 Å². The third-order valence-electron chi connectivity index (χ3n) is 6.53. The summed E-state index contributed by atoms with van der Waals surface area (Å²) in [5.41, 5.74) is 6.80. The Morgan fingerprint density at radius 2 is 1.38 bits per heavy atom. The van der Waals surface area contributed by atoms with E-state index in [1.165, 1.54) is 16.7 Å². The van der Waals surface area contributed by atoms with Gasteiger partial charge in [-0.05, 0) is 77.3 Å². The number of nitrogens with zero attached hydrogens (tertiary/aromatic N) is 2. The fraction of sp³-hybridized carbons (Fsp3) is 0.387. The molecule has 0 aliphatic rings. The zero-order valence-electron chi connectivity index (χ0n) is 21.9. The second-order valence-electron chi connectivity index (χ2n) is 10.0. The van der Waals surface area contributed by atoms with Gasteiger partial charge in [-0.2, -0.15) is 0 Å². The van der Waals surface area contributed by atoms with Gasteiger partial charge in [0.2, 0.25) is 0 Å². The van der Waals surface area contributed by atoms with E-state index < -0.39 is 0 Å². The van der Waals surface area contributed by atoms with Crippen molar-refractivity contribution in [1.29, 1.82) is 0 Å². The SMILES string of the molecule is Cc1cc(C)c(C(=O)N(C(C)C)C(C)C)c(CC(c2ccccc2)N(C)Cc2ccccc2)c1. The number of likely N-dealkylation sites (N-methyl/N-ethyl adjacent to an activating group) is 1. The molecule has 0 radical (unpaired) electrons. The predicted molar refractivity (Wildman–Crippen MR) is 143 cm³/mol. The minimum atomic E-state index is 0.134. The van der Waals surface area contributed by atoms with Gasteiger partial charge in [0, 0.05) is 30.2 Å². The highest BCUT2D eigenvalue weighted by Crippen LogP contribution is 2.30. The number of hydrogen-bond donors (Lipinski definition) is 0. The zero-order chi connectivity index (χ0) is 24.8. The Morgan fingerprint density at radius 1 is 0.824 bits per heavy atom. The molecule has 1 amide bonds. The first-order valence-electron chi connectivity index (χ1n) is 12.4. The molecule has 0 aromatic heterocycles. The number of hydrogen-bond acceptors (Lipinski definition) is 2. The van der Waals surface area contributed by atoms with Gasteiger partial charge >= 0.3 is 0 Å². The second-order valence-corrected chi connectivity index (χ2v) is 10.0. The minimum Gasteiger partial charge on any atom is -0.334 e. The summed E-state index contributed by atoms with van der Waals surface area (Å²) in [6.45, 7) is 13.4. The van der Waals surface area contributed by atoms with Crippen LogP contribution >= 0.6 is 0 Å². The Morgan fingerprint density at radius 3 is 1.94 bits per heavy atom. The van der Waals surface area contributed by atoms with Gasteiger partial charge in [-0.1, -0.05) is 78.4 Å². The van der Waals surface area contributed by atoms with Crippen molar-refractivity contribution in [1.82, 2.24) is 9.80 Å². The molecule has 1 unspecified atom stereocenters. The highest BCUT2D eigenvalue weighted by molar-refractivity contribution is 5.97. The molecule has 0 fully saturated rings. The molecule has 0 N–H and O–H groups in total. The summed E-state index contributed by atoms with van der Waals surface area (Å²) >= 11 is 0. The highest BCUT2D eigenvalue weighted by atomic mass is 16.2. The Balaban J connectivity index is 2.04. The van der Waals surface area contributed by atoms with Crippen LogP contribution in [0.25, 0.3) is 0 Å². The van der Waals surface area contributed by atoms with Crippen molar-refractivity contribution in [2.45, 2.75) is 72.6 Å². The quantitative estimate of drug-likeness (QED) is 0.347. The molecular weight excluding hydrogens is 416 g/mol. The first kappa shape index (κ1) is 25.7. The smallest absolute Gasteiger partial charge is 0.254 e. The average molecular weight is 457 g/mol. The molecule has 34 heavy (non-hydrogen) atoms. The molecule has 3 heteroatoms. The van der Waals surface area contributed by atoms with Gasteiger partial charge in [0.15, 0.2) is 0 Å². The molecule has 3 aromatic carbocycles. The Kier molecular flexibility index (Phi) is 8.68. The van der Waals surface area contributed by atoms with E-state index in [4.69, 9.17) is 0 Å². The fourth-order valence-corrected chi connectivity index (χ4v) is 5.11. The third kappa shape index (κ3) is 6.15. The minimum absolute atomic E-state index is 0.134. The fourth-order valence-electron chi connectivity index (χ4n) is 5.11. The molecule has 0 aliphatic carbocycles. The third-order valence-corrected chi connectivity index (χ3v) is 6.53. The van der Waals surface area contributed by atoms with Crippen molar-refractivity contribution < 1.29 is 4.79 Å². The van der Waals surface area contributed by atoms with Crippen molar-refractivity contribution in [3.8, 4) is 0 Å². The normalized spacial score (nSPS) is 12.4. The van der Waals surface area contributed by atoms with Crippen molar-refractivity contribution >= 4 is 5.91 Å². The van der Waals surface area contributed by atoms with Gasteiger partial charge in [-0.25, -0.2) is 0 Å². The maximum atomic E-state index is 13.9. The number of benzene rings is 3. The Bertz CT molecular complexity index is 1070. The van der Waals surface area contributed by atoms with Gasteiger partial charge in [0.1, 0.15) is 0 Å². The molecule has 0 saturated carbocycles. The largest absolute Gasteiger partial charge is 0.334 e. The van der Waals surface area contributed by atoms with Crippen LogP contribution in [-0.4, -0.2) is 34.8 Å². The summed E-state index contributed by atoms with van der Waals surface area (Å²) < 4.78 is 0. The number of carbonyl (C=O) groups excluding carboxylic acids is 1. The highest BCUT2D eigenvalue weighted by Gasteiger charge is 2.27. The summed E-state index contributed by atoms with van der Waals surface area (Å²) in [7, 11) is 2.18. The van der Waals surface area contributed by atoms with Gasteiger partial charge in [-0.15, -0.1) is 0 Å². The molecule has 0 heterocycles. The molecule has 3 nitrogen and oxygen atoms in total. The topological polar surface area (TPSA) is 23.6 Å². The Hall–Kier alpha value is -2.91. The van der Waals surface area contributed by atoms with Gasteiger partial charge in [-0.3, -0.25) is 9.69 Å². The number of rotatable bonds is 9. The lowest BCUT2D eigenvalue weighted by Crippen LogP contribution is -2.42. The molecular formula is C31H40N2O. The first-order chi connectivity index (χ1) is 16.2. The van der Waals surface area contributed by atoms with E-state index in [-0.39, 0.29) is 24.0 Å². The van der Waals surface area contributed by atoms with Crippen LogP contribution < -0.4 is 0 Å². The lowest BCUT2D eigenvalue weighted by atomic mass is 9.90. The monoisotopic (exact) mass is 456 g/mol. The summed E-state index contributed by atoms with van der Waals surface area (Å²) in [6, 6.07) is 26.0. The average Bonchev–Trinajstić information content (AvgIpc) is 2.77. The molecule has 1 atom stereocenters. The zero-order valence-corrected chi connectivity index (χ0v) is 21.9. The van der Waals surface area contributed by atoms with E-state index >= 15 is 0 Å². The predicted octanol–water partition coefficient (Wildman–Crippen LogP) is 6.98. The van der Waals surface area contributed by atoms with E-state index in [2.05, 4.69) is 126 Å².